The number of fused-ring (bicyclic) bond motifs is 3. The molecule has 0 unspecified atom stereocenters. The first-order valence-corrected chi connectivity index (χ1v) is 17.0. The average molecular weight is 826 g/mol. The molecular weight excluding hydrogens is 784 g/mol. The first-order valence-electron chi connectivity index (χ1n) is 17.0. The monoisotopic (exact) mass is 825 g/mol. The van der Waals surface area contributed by atoms with Crippen molar-refractivity contribution in [3.8, 4) is 34.1 Å². The van der Waals surface area contributed by atoms with Gasteiger partial charge >= 0.3 is 21.1 Å². The van der Waals surface area contributed by atoms with E-state index in [0.29, 0.717) is 11.5 Å². The number of rotatable bonds is 9. The zero-order valence-electron chi connectivity index (χ0n) is 29.1. The number of pyridine rings is 1. The molecule has 0 saturated heterocycles. The average Bonchev–Trinajstić information content (AvgIpc) is 3.68. The van der Waals surface area contributed by atoms with Crippen LogP contribution < -0.4 is 4.74 Å². The van der Waals surface area contributed by atoms with Gasteiger partial charge < -0.3 is 9.30 Å². The molecule has 7 aromatic rings. The van der Waals surface area contributed by atoms with Crippen LogP contribution in [0.1, 0.15) is 69.7 Å². The molecule has 0 aliphatic rings. The summed E-state index contributed by atoms with van der Waals surface area (Å²) >= 11 is 0. The Balaban J connectivity index is 0.00000417. The van der Waals surface area contributed by atoms with Crippen LogP contribution >= 0.6 is 0 Å². The van der Waals surface area contributed by atoms with Crippen LogP contribution in [0.4, 0.5) is 0 Å². The number of hydrogen-bond acceptors (Lipinski definition) is 3. The second kappa shape index (κ2) is 14.2. The molecule has 3 aromatic heterocycles. The molecule has 6 heteroatoms. The number of para-hydroxylation sites is 1. The maximum Gasteiger partial charge on any atom is 2.00 e. The predicted molar refractivity (Wildman–Crippen MR) is 197 cm³/mol. The van der Waals surface area contributed by atoms with Crippen molar-refractivity contribution in [1.29, 1.82) is 0 Å². The van der Waals surface area contributed by atoms with Gasteiger partial charge in [0.2, 0.25) is 0 Å². The van der Waals surface area contributed by atoms with Gasteiger partial charge in [0.15, 0.2) is 0 Å². The van der Waals surface area contributed by atoms with E-state index in [1.807, 2.05) is 47.4 Å². The molecular formula is C43H42N4OPt. The van der Waals surface area contributed by atoms with Gasteiger partial charge in [0, 0.05) is 35.0 Å². The second-order valence-electron chi connectivity index (χ2n) is 13.7. The van der Waals surface area contributed by atoms with E-state index in [1.54, 1.807) is 0 Å². The van der Waals surface area contributed by atoms with E-state index < -0.39 is 0 Å². The Morgan fingerprint density at radius 3 is 2.39 bits per heavy atom. The normalized spacial score (nSPS) is 11.6. The third-order valence-electron chi connectivity index (χ3n) is 9.00. The van der Waals surface area contributed by atoms with Gasteiger partial charge in [-0.25, -0.2) is 4.98 Å². The van der Waals surface area contributed by atoms with E-state index in [1.165, 1.54) is 22.3 Å². The molecule has 0 spiro atoms. The molecule has 49 heavy (non-hydrogen) atoms. The summed E-state index contributed by atoms with van der Waals surface area (Å²) < 4.78 is 10.5. The quantitative estimate of drug-likeness (QED) is 0.136. The van der Waals surface area contributed by atoms with E-state index in [4.69, 9.17) is 14.8 Å². The molecule has 0 saturated carbocycles. The van der Waals surface area contributed by atoms with Gasteiger partial charge in [-0.05, 0) is 82.3 Å². The summed E-state index contributed by atoms with van der Waals surface area (Å²) in [4.78, 5) is 4.70. The van der Waals surface area contributed by atoms with Crippen LogP contribution in [-0.4, -0.2) is 19.3 Å². The molecule has 250 valence electrons. The molecule has 7 rings (SSSR count). The van der Waals surface area contributed by atoms with Gasteiger partial charge in [0.1, 0.15) is 5.82 Å². The first kappa shape index (κ1) is 34.4. The van der Waals surface area contributed by atoms with Crippen molar-refractivity contribution in [2.24, 2.45) is 0 Å². The van der Waals surface area contributed by atoms with E-state index >= 15 is 0 Å². The van der Waals surface area contributed by atoms with Crippen molar-refractivity contribution in [2.45, 2.75) is 72.6 Å². The van der Waals surface area contributed by atoms with Crippen molar-refractivity contribution >= 4 is 21.8 Å². The standard InChI is InChI=1S/C43H42N4O.Pt/c1-7-12-30-18-21-38(43(4,5)6)37(13-8-2)42(30)31-27-45-46(28-31)32-14-11-15-33(25-32)48-34-19-20-36-35-16-9-10-17-39(35)47(40(36)26-34)41-24-29(3)22-23-44-41;/h9-11,14-24,27-28H,7-8,12-13H2,1-6H3;/q-2;+2. The molecule has 0 N–H and O–H groups in total. The van der Waals surface area contributed by atoms with Gasteiger partial charge in [-0.2, -0.15) is 17.2 Å². The molecule has 5 nitrogen and oxygen atoms in total. The van der Waals surface area contributed by atoms with Crippen LogP contribution in [0.5, 0.6) is 11.5 Å². The summed E-state index contributed by atoms with van der Waals surface area (Å²) in [5.74, 6) is 2.07. The fourth-order valence-corrected chi connectivity index (χ4v) is 6.89. The van der Waals surface area contributed by atoms with Crippen LogP contribution in [-0.2, 0) is 39.3 Å². The topological polar surface area (TPSA) is 44.9 Å². The molecule has 4 aromatic carbocycles. The summed E-state index contributed by atoms with van der Waals surface area (Å²) in [5, 5.41) is 7.09. The van der Waals surface area contributed by atoms with Crippen molar-refractivity contribution < 1.29 is 25.8 Å². The molecule has 0 aliphatic carbocycles. The third kappa shape index (κ3) is 6.74. The van der Waals surface area contributed by atoms with Crippen molar-refractivity contribution in [1.82, 2.24) is 19.3 Å². The van der Waals surface area contributed by atoms with Gasteiger partial charge in [-0.1, -0.05) is 83.3 Å². The molecule has 0 amide bonds. The SMILES string of the molecule is CCCc1ccc(C(C)(C)C)c(CCC)c1-c1cnn(-c2[c-]c(Oc3[c-]c4c(cc3)c3ccccc3n4-c3cc(C)ccn3)ccc2)c1.[Pt+2]. The third-order valence-corrected chi connectivity index (χ3v) is 9.00. The second-order valence-corrected chi connectivity index (χ2v) is 13.7. The van der Waals surface area contributed by atoms with Crippen molar-refractivity contribution in [3.05, 3.63) is 132 Å². The minimum absolute atomic E-state index is 0. The molecule has 0 bridgehead atoms. The van der Waals surface area contributed by atoms with E-state index in [-0.39, 0.29) is 26.5 Å². The maximum absolute atomic E-state index is 6.42. The summed E-state index contributed by atoms with van der Waals surface area (Å²) in [7, 11) is 0. The fraction of sp³-hybridized carbons (Fsp3) is 0.256. The van der Waals surface area contributed by atoms with Crippen molar-refractivity contribution in [3.63, 3.8) is 0 Å². The van der Waals surface area contributed by atoms with Gasteiger partial charge in [-0.3, -0.25) is 4.68 Å². The number of ether oxygens (including phenoxy) is 1. The Morgan fingerprint density at radius 1 is 0.816 bits per heavy atom. The van der Waals surface area contributed by atoms with Crippen LogP contribution in [0, 0.1) is 19.1 Å². The number of nitrogens with zero attached hydrogens (tertiary/aromatic N) is 4. The molecule has 3 heterocycles. The Labute approximate surface area is 304 Å². The molecule has 0 fully saturated rings. The zero-order chi connectivity index (χ0) is 33.4. The smallest absolute Gasteiger partial charge is 0.509 e. The van der Waals surface area contributed by atoms with E-state index in [9.17, 15) is 0 Å². The van der Waals surface area contributed by atoms with Crippen LogP contribution in [0.25, 0.3) is 44.4 Å². The van der Waals surface area contributed by atoms with E-state index in [2.05, 4.69) is 113 Å². The molecule has 0 atom stereocenters. The molecule has 0 radical (unpaired) electrons. The number of aromatic nitrogens is 4. The van der Waals surface area contributed by atoms with Gasteiger partial charge in [-0.15, -0.1) is 35.7 Å². The molecule has 0 aliphatic heterocycles. The van der Waals surface area contributed by atoms with Crippen LogP contribution in [0.3, 0.4) is 0 Å². The summed E-state index contributed by atoms with van der Waals surface area (Å²) in [6.45, 7) is 13.5. The minimum Gasteiger partial charge on any atom is -0.509 e. The van der Waals surface area contributed by atoms with Crippen molar-refractivity contribution in [2.75, 3.05) is 0 Å². The van der Waals surface area contributed by atoms with E-state index in [0.717, 1.165) is 70.1 Å². The van der Waals surface area contributed by atoms with Gasteiger partial charge in [0.05, 0.1) is 6.20 Å². The fourth-order valence-electron chi connectivity index (χ4n) is 6.89. The van der Waals surface area contributed by atoms with Crippen LogP contribution in [0.2, 0.25) is 0 Å². The zero-order valence-corrected chi connectivity index (χ0v) is 31.4. The predicted octanol–water partition coefficient (Wildman–Crippen LogP) is 10.9. The summed E-state index contributed by atoms with van der Waals surface area (Å²) in [5.41, 5.74) is 10.8. The number of benzene rings is 4. The largest absolute Gasteiger partial charge is 2.00 e. The summed E-state index contributed by atoms with van der Waals surface area (Å²) in [6, 6.07) is 34.2. The number of aryl methyl sites for hydroxylation is 2. The Kier molecular flexibility index (Phi) is 9.95. The number of hydrogen-bond donors (Lipinski definition) is 0. The Hall–Kier alpha value is -4.47. The maximum atomic E-state index is 6.42. The van der Waals surface area contributed by atoms with Gasteiger partial charge in [0.25, 0.3) is 0 Å². The summed E-state index contributed by atoms with van der Waals surface area (Å²) in [6.07, 6.45) is 10.3. The van der Waals surface area contributed by atoms with Crippen LogP contribution in [0.15, 0.2) is 97.5 Å². The first-order chi connectivity index (χ1) is 23.2. The minimum atomic E-state index is 0. The Morgan fingerprint density at radius 2 is 1.61 bits per heavy atom. The Bertz CT molecular complexity index is 2250.